The predicted octanol–water partition coefficient (Wildman–Crippen LogP) is 1.32. The molecule has 8 heteroatoms. The molecule has 1 aromatic carbocycles. The molecule has 0 saturated carbocycles. The molecule has 1 fully saturated rings. The zero-order valence-electron chi connectivity index (χ0n) is 13.6. The molecule has 1 aliphatic heterocycles. The molecule has 2 aromatic rings. The van der Waals surface area contributed by atoms with Crippen molar-refractivity contribution in [2.24, 2.45) is 5.92 Å². The smallest absolute Gasteiger partial charge is 0.319 e. The summed E-state index contributed by atoms with van der Waals surface area (Å²) in [5.41, 5.74) is 2.44. The van der Waals surface area contributed by atoms with E-state index in [0.29, 0.717) is 24.6 Å². The van der Waals surface area contributed by atoms with Crippen molar-refractivity contribution in [3.05, 3.63) is 29.6 Å². The number of hydrogen-bond acceptors (Lipinski definition) is 5. The van der Waals surface area contributed by atoms with Crippen LogP contribution in [0.1, 0.15) is 11.4 Å². The number of hydrogen-bond donors (Lipinski definition) is 4. The Kier molecular flexibility index (Phi) is 4.44. The lowest BCUT2D eigenvalue weighted by molar-refractivity contribution is 0.248. The normalized spacial score (nSPS) is 19.7. The molecule has 1 aliphatic rings. The molecule has 8 nitrogen and oxygen atoms in total. The van der Waals surface area contributed by atoms with Crippen LogP contribution in [0, 0.1) is 31.1 Å². The molecule has 124 valence electrons. The van der Waals surface area contributed by atoms with Crippen LogP contribution in [-0.2, 0) is 0 Å². The maximum atomic E-state index is 12.2. The van der Waals surface area contributed by atoms with E-state index in [1.807, 2.05) is 32.0 Å². The number of carbonyl (C=O) groups excluding carboxylic acids is 1. The molecule has 0 bridgehead atoms. The van der Waals surface area contributed by atoms with Gasteiger partial charge in [-0.1, -0.05) is 12.1 Å². The van der Waals surface area contributed by atoms with E-state index in [1.165, 1.54) is 0 Å². The van der Waals surface area contributed by atoms with E-state index >= 15 is 0 Å². The first-order valence-corrected chi connectivity index (χ1v) is 7.74. The van der Waals surface area contributed by atoms with Crippen molar-refractivity contribution in [2.45, 2.75) is 19.9 Å². The minimum atomic E-state index is -0.324. The van der Waals surface area contributed by atoms with Gasteiger partial charge >= 0.3 is 6.03 Å². The molecule has 0 aliphatic carbocycles. The minimum Gasteiger partial charge on any atom is -0.332 e. The van der Waals surface area contributed by atoms with E-state index in [9.17, 15) is 4.79 Å². The van der Waals surface area contributed by atoms with Crippen molar-refractivity contribution in [1.29, 1.82) is 5.26 Å². The third kappa shape index (κ3) is 3.36. The average Bonchev–Trinajstić information content (AvgIpc) is 3.18. The second kappa shape index (κ2) is 6.68. The van der Waals surface area contributed by atoms with Gasteiger partial charge in [-0.15, -0.1) is 0 Å². The van der Waals surface area contributed by atoms with E-state index in [1.54, 1.807) is 0 Å². The summed E-state index contributed by atoms with van der Waals surface area (Å²) in [6.45, 7) is 4.94. The lowest BCUT2D eigenvalue weighted by Crippen LogP contribution is -2.42. The Hall–Kier alpha value is -2.92. The van der Waals surface area contributed by atoms with Gasteiger partial charge in [-0.25, -0.2) is 9.78 Å². The molecule has 2 unspecified atom stereocenters. The average molecular weight is 325 g/mol. The number of nitrogens with one attached hydrogen (secondary N) is 4. The Morgan fingerprint density at radius 1 is 1.38 bits per heavy atom. The molecular formula is C16H19N7O. The van der Waals surface area contributed by atoms with Gasteiger partial charge in [-0.3, -0.25) is 5.10 Å². The minimum absolute atomic E-state index is 0.186. The predicted molar refractivity (Wildman–Crippen MR) is 89.2 cm³/mol. The van der Waals surface area contributed by atoms with Crippen molar-refractivity contribution in [2.75, 3.05) is 18.4 Å². The number of nitriles is 1. The number of aromatic amines is 1. The Morgan fingerprint density at radius 2 is 2.21 bits per heavy atom. The number of amides is 2. The van der Waals surface area contributed by atoms with Crippen molar-refractivity contribution in [3.8, 4) is 17.5 Å². The van der Waals surface area contributed by atoms with Crippen LogP contribution in [0.2, 0.25) is 0 Å². The topological polar surface area (TPSA) is 119 Å². The summed E-state index contributed by atoms with van der Waals surface area (Å²) in [6, 6.07) is 7.35. The fourth-order valence-electron chi connectivity index (χ4n) is 2.66. The largest absolute Gasteiger partial charge is 0.332 e. The first-order valence-electron chi connectivity index (χ1n) is 7.74. The highest BCUT2D eigenvalue weighted by Crippen LogP contribution is 2.23. The molecule has 1 aromatic heterocycles. The molecular weight excluding hydrogens is 306 g/mol. The zero-order valence-corrected chi connectivity index (χ0v) is 13.6. The van der Waals surface area contributed by atoms with Gasteiger partial charge in [0.25, 0.3) is 0 Å². The summed E-state index contributed by atoms with van der Waals surface area (Å²) in [5.74, 6) is 1.11. The standard InChI is InChI=1S/C16H19N7O/c1-9-3-4-11(15-19-10(2)22-23-15)5-13(9)20-16(24)21-14-8-18-7-12(14)6-17/h3-5,12,14,18H,7-8H2,1-2H3,(H,19,22,23)(H2,20,21,24). The van der Waals surface area contributed by atoms with Gasteiger partial charge in [-0.05, 0) is 25.5 Å². The van der Waals surface area contributed by atoms with Gasteiger partial charge in [0.05, 0.1) is 18.0 Å². The third-order valence-corrected chi connectivity index (χ3v) is 4.04. The summed E-state index contributed by atoms with van der Waals surface area (Å²) in [5, 5.41) is 24.8. The number of aromatic nitrogens is 3. The SMILES string of the molecule is Cc1nc(-c2ccc(C)c(NC(=O)NC3CNCC3C#N)c2)n[nH]1. The molecule has 2 amide bonds. The Morgan fingerprint density at radius 3 is 2.92 bits per heavy atom. The Bertz CT molecular complexity index is 792. The first kappa shape index (κ1) is 16.0. The van der Waals surface area contributed by atoms with Crippen LogP contribution in [0.4, 0.5) is 10.5 Å². The summed E-state index contributed by atoms with van der Waals surface area (Å²) in [7, 11) is 0. The van der Waals surface area contributed by atoms with E-state index in [-0.39, 0.29) is 18.0 Å². The number of anilines is 1. The maximum Gasteiger partial charge on any atom is 0.319 e. The lowest BCUT2D eigenvalue weighted by atomic mass is 10.1. The number of nitrogens with zero attached hydrogens (tertiary/aromatic N) is 3. The Balaban J connectivity index is 1.72. The molecule has 2 atom stereocenters. The van der Waals surface area contributed by atoms with Gasteiger partial charge in [-0.2, -0.15) is 10.4 Å². The third-order valence-electron chi connectivity index (χ3n) is 4.04. The number of urea groups is 1. The van der Waals surface area contributed by atoms with E-state index in [4.69, 9.17) is 5.26 Å². The van der Waals surface area contributed by atoms with Gasteiger partial charge < -0.3 is 16.0 Å². The van der Waals surface area contributed by atoms with Crippen LogP contribution in [0.5, 0.6) is 0 Å². The number of carbonyl (C=O) groups is 1. The highest BCUT2D eigenvalue weighted by atomic mass is 16.2. The highest BCUT2D eigenvalue weighted by Gasteiger charge is 2.28. The second-order valence-electron chi connectivity index (χ2n) is 5.87. The summed E-state index contributed by atoms with van der Waals surface area (Å²) < 4.78 is 0. The number of benzene rings is 1. The monoisotopic (exact) mass is 325 g/mol. The molecule has 3 rings (SSSR count). The molecule has 4 N–H and O–H groups in total. The van der Waals surface area contributed by atoms with Crippen molar-refractivity contribution < 1.29 is 4.79 Å². The van der Waals surface area contributed by atoms with Gasteiger partial charge in [0.1, 0.15) is 5.82 Å². The molecule has 1 saturated heterocycles. The number of aryl methyl sites for hydroxylation is 2. The fraction of sp³-hybridized carbons (Fsp3) is 0.375. The molecule has 2 heterocycles. The molecule has 24 heavy (non-hydrogen) atoms. The van der Waals surface area contributed by atoms with Gasteiger partial charge in [0.2, 0.25) is 0 Å². The zero-order chi connectivity index (χ0) is 17.1. The second-order valence-corrected chi connectivity index (χ2v) is 5.87. The quantitative estimate of drug-likeness (QED) is 0.679. The molecule has 0 spiro atoms. The fourth-order valence-corrected chi connectivity index (χ4v) is 2.66. The Labute approximate surface area is 139 Å². The lowest BCUT2D eigenvalue weighted by Gasteiger charge is -2.16. The van der Waals surface area contributed by atoms with Crippen LogP contribution >= 0.6 is 0 Å². The van der Waals surface area contributed by atoms with Crippen LogP contribution in [0.15, 0.2) is 18.2 Å². The summed E-state index contributed by atoms with van der Waals surface area (Å²) in [4.78, 5) is 16.5. The maximum absolute atomic E-state index is 12.2. The van der Waals surface area contributed by atoms with Crippen LogP contribution in [0.3, 0.4) is 0 Å². The highest BCUT2D eigenvalue weighted by molar-refractivity contribution is 5.91. The van der Waals surface area contributed by atoms with Crippen LogP contribution < -0.4 is 16.0 Å². The van der Waals surface area contributed by atoms with E-state index < -0.39 is 0 Å². The first-order chi connectivity index (χ1) is 11.6. The van der Waals surface area contributed by atoms with Crippen molar-refractivity contribution in [1.82, 2.24) is 25.8 Å². The van der Waals surface area contributed by atoms with Gasteiger partial charge in [0.15, 0.2) is 5.82 Å². The number of rotatable bonds is 3. The van der Waals surface area contributed by atoms with Crippen LogP contribution in [-0.4, -0.2) is 40.3 Å². The number of H-pyrrole nitrogens is 1. The summed E-state index contributed by atoms with van der Waals surface area (Å²) in [6.07, 6.45) is 0. The van der Waals surface area contributed by atoms with Crippen molar-refractivity contribution >= 4 is 11.7 Å². The van der Waals surface area contributed by atoms with E-state index in [0.717, 1.165) is 17.0 Å². The van der Waals surface area contributed by atoms with Gasteiger partial charge in [0, 0.05) is 24.3 Å². The van der Waals surface area contributed by atoms with Crippen LogP contribution in [0.25, 0.3) is 11.4 Å². The molecule has 0 radical (unpaired) electrons. The summed E-state index contributed by atoms with van der Waals surface area (Å²) >= 11 is 0. The van der Waals surface area contributed by atoms with Crippen molar-refractivity contribution in [3.63, 3.8) is 0 Å². The van der Waals surface area contributed by atoms with E-state index in [2.05, 4.69) is 37.2 Å².